The zero-order chi connectivity index (χ0) is 15.4. The maximum atomic E-state index is 12.9. The van der Waals surface area contributed by atoms with Gasteiger partial charge in [0.1, 0.15) is 5.25 Å². The number of thioether (sulfide) groups is 1. The average molecular weight is 334 g/mol. The number of anilines is 1. The molecule has 1 aliphatic rings. The molecule has 7 heteroatoms. The van der Waals surface area contributed by atoms with Crippen LogP contribution in [0.3, 0.4) is 0 Å². The molecule has 0 bridgehead atoms. The van der Waals surface area contributed by atoms with E-state index in [4.69, 9.17) is 5.73 Å². The summed E-state index contributed by atoms with van der Waals surface area (Å²) in [5.74, 6) is 0.157. The Kier molecular flexibility index (Phi) is 4.94. The molecule has 116 valence electrons. The van der Waals surface area contributed by atoms with Crippen LogP contribution in [0.4, 0.5) is 5.13 Å². The molecule has 22 heavy (non-hydrogen) atoms. The molecule has 1 saturated heterocycles. The zero-order valence-electron chi connectivity index (χ0n) is 12.1. The lowest BCUT2D eigenvalue weighted by molar-refractivity contribution is -0.131. The van der Waals surface area contributed by atoms with E-state index in [0.29, 0.717) is 5.13 Å². The van der Waals surface area contributed by atoms with Gasteiger partial charge in [0, 0.05) is 13.1 Å². The van der Waals surface area contributed by atoms with Crippen LogP contribution in [0.1, 0.15) is 30.1 Å². The lowest BCUT2D eigenvalue weighted by Crippen LogP contribution is -2.38. The van der Waals surface area contributed by atoms with Crippen LogP contribution in [0.25, 0.3) is 0 Å². The number of nitrogens with two attached hydrogens (primary N) is 1. The van der Waals surface area contributed by atoms with E-state index < -0.39 is 0 Å². The minimum atomic E-state index is -0.286. The summed E-state index contributed by atoms with van der Waals surface area (Å²) in [7, 11) is 0. The van der Waals surface area contributed by atoms with Crippen LogP contribution in [-0.4, -0.2) is 34.1 Å². The summed E-state index contributed by atoms with van der Waals surface area (Å²) < 4.78 is 0.733. The predicted molar refractivity (Wildman–Crippen MR) is 89.8 cm³/mol. The molecule has 1 aromatic carbocycles. The molecule has 2 heterocycles. The average Bonchev–Trinajstić information content (AvgIpc) is 2.99. The number of piperidine rings is 1. The minimum absolute atomic E-state index is 0.157. The number of benzene rings is 1. The smallest absolute Gasteiger partial charge is 0.240 e. The Bertz CT molecular complexity index is 625. The fraction of sp³-hybridized carbons (Fsp3) is 0.400. The van der Waals surface area contributed by atoms with Gasteiger partial charge in [-0.1, -0.05) is 53.4 Å². The fourth-order valence-electron chi connectivity index (χ4n) is 2.54. The Labute approximate surface area is 137 Å². The van der Waals surface area contributed by atoms with Gasteiger partial charge < -0.3 is 10.6 Å². The van der Waals surface area contributed by atoms with E-state index in [0.717, 1.165) is 35.8 Å². The molecule has 0 aliphatic carbocycles. The summed E-state index contributed by atoms with van der Waals surface area (Å²) >= 11 is 2.76. The highest BCUT2D eigenvalue weighted by molar-refractivity contribution is 8.01. The highest BCUT2D eigenvalue weighted by Gasteiger charge is 2.28. The van der Waals surface area contributed by atoms with E-state index in [-0.39, 0.29) is 11.2 Å². The standard InChI is InChI=1S/C15H18N4OS2/c16-14-17-18-15(22-14)21-12(11-7-3-1-4-8-11)13(20)19-9-5-2-6-10-19/h1,3-4,7-8,12H,2,5-6,9-10H2,(H2,16,17)/t12-/m0/s1. The third-order valence-electron chi connectivity index (χ3n) is 3.64. The van der Waals surface area contributed by atoms with Gasteiger partial charge >= 0.3 is 0 Å². The highest BCUT2D eigenvalue weighted by Crippen LogP contribution is 2.38. The molecule has 1 aliphatic heterocycles. The van der Waals surface area contributed by atoms with Crippen LogP contribution in [0, 0.1) is 0 Å². The Morgan fingerprint density at radius 1 is 1.18 bits per heavy atom. The van der Waals surface area contributed by atoms with Crippen molar-refractivity contribution in [3.8, 4) is 0 Å². The Balaban J connectivity index is 1.83. The first-order valence-corrected chi connectivity index (χ1v) is 9.03. The monoisotopic (exact) mass is 334 g/mol. The van der Waals surface area contributed by atoms with E-state index in [9.17, 15) is 4.79 Å². The number of hydrogen-bond donors (Lipinski definition) is 1. The Hall–Kier alpha value is -1.60. The molecular weight excluding hydrogens is 316 g/mol. The normalized spacial score (nSPS) is 16.5. The maximum Gasteiger partial charge on any atom is 0.240 e. The molecule has 1 atom stereocenters. The molecule has 0 saturated carbocycles. The summed E-state index contributed by atoms with van der Waals surface area (Å²) in [4.78, 5) is 14.9. The van der Waals surface area contributed by atoms with Crippen molar-refractivity contribution in [2.45, 2.75) is 28.9 Å². The van der Waals surface area contributed by atoms with Crippen molar-refractivity contribution >= 4 is 34.1 Å². The van der Waals surface area contributed by atoms with Crippen LogP contribution >= 0.6 is 23.1 Å². The largest absolute Gasteiger partial charge is 0.374 e. The van der Waals surface area contributed by atoms with Crippen LogP contribution in [-0.2, 0) is 4.79 Å². The third-order valence-corrected chi connectivity index (χ3v) is 5.71. The maximum absolute atomic E-state index is 12.9. The molecule has 0 unspecified atom stereocenters. The molecule has 5 nitrogen and oxygen atoms in total. The van der Waals surface area contributed by atoms with Crippen LogP contribution < -0.4 is 5.73 Å². The first-order chi connectivity index (χ1) is 10.7. The van der Waals surface area contributed by atoms with E-state index in [2.05, 4.69) is 10.2 Å². The van der Waals surface area contributed by atoms with Crippen molar-refractivity contribution < 1.29 is 4.79 Å². The van der Waals surface area contributed by atoms with E-state index in [1.807, 2.05) is 35.2 Å². The van der Waals surface area contributed by atoms with Crippen LogP contribution in [0.15, 0.2) is 34.7 Å². The number of amides is 1. The molecule has 1 fully saturated rings. The van der Waals surface area contributed by atoms with Crippen molar-refractivity contribution in [3.63, 3.8) is 0 Å². The Morgan fingerprint density at radius 3 is 2.55 bits per heavy atom. The predicted octanol–water partition coefficient (Wildman–Crippen LogP) is 2.97. The van der Waals surface area contributed by atoms with Gasteiger partial charge in [-0.25, -0.2) is 0 Å². The number of likely N-dealkylation sites (tertiary alicyclic amines) is 1. The first-order valence-electron chi connectivity index (χ1n) is 7.33. The molecular formula is C15H18N4OS2. The fourth-order valence-corrected chi connectivity index (χ4v) is 4.45. The number of nitrogens with zero attached hydrogens (tertiary/aromatic N) is 3. The number of nitrogen functional groups attached to an aromatic ring is 1. The van der Waals surface area contributed by atoms with Crippen molar-refractivity contribution in [2.75, 3.05) is 18.8 Å². The van der Waals surface area contributed by atoms with Gasteiger partial charge in [-0.3, -0.25) is 4.79 Å². The molecule has 1 amide bonds. The van der Waals surface area contributed by atoms with Gasteiger partial charge in [-0.05, 0) is 24.8 Å². The number of carbonyl (C=O) groups excluding carboxylic acids is 1. The summed E-state index contributed by atoms with van der Waals surface area (Å²) in [6.07, 6.45) is 3.38. The molecule has 0 radical (unpaired) electrons. The minimum Gasteiger partial charge on any atom is -0.374 e. The lowest BCUT2D eigenvalue weighted by Gasteiger charge is -2.30. The zero-order valence-corrected chi connectivity index (χ0v) is 13.8. The van der Waals surface area contributed by atoms with Crippen molar-refractivity contribution in [3.05, 3.63) is 35.9 Å². The van der Waals surface area contributed by atoms with Gasteiger partial charge in [0.2, 0.25) is 11.0 Å². The number of carbonyl (C=O) groups is 1. The van der Waals surface area contributed by atoms with Crippen molar-refractivity contribution in [2.24, 2.45) is 0 Å². The van der Waals surface area contributed by atoms with Gasteiger partial charge in [0.05, 0.1) is 0 Å². The second kappa shape index (κ2) is 7.11. The molecule has 2 aromatic rings. The SMILES string of the molecule is Nc1nnc(S[C@H](C(=O)N2CCCCC2)c2ccccc2)s1. The van der Waals surface area contributed by atoms with E-state index in [1.54, 1.807) is 0 Å². The molecule has 3 rings (SSSR count). The van der Waals surface area contributed by atoms with Gasteiger partial charge in [-0.15, -0.1) is 10.2 Å². The van der Waals surface area contributed by atoms with Gasteiger partial charge in [-0.2, -0.15) is 0 Å². The topological polar surface area (TPSA) is 72.1 Å². The highest BCUT2D eigenvalue weighted by atomic mass is 32.2. The molecule has 2 N–H and O–H groups in total. The van der Waals surface area contributed by atoms with Crippen LogP contribution in [0.5, 0.6) is 0 Å². The number of rotatable bonds is 4. The molecule has 0 spiro atoms. The second-order valence-electron chi connectivity index (χ2n) is 5.20. The lowest BCUT2D eigenvalue weighted by atomic mass is 10.1. The summed E-state index contributed by atoms with van der Waals surface area (Å²) in [5, 5.41) is 8.02. The number of hydrogen-bond acceptors (Lipinski definition) is 6. The quantitative estimate of drug-likeness (QED) is 0.870. The van der Waals surface area contributed by atoms with Crippen molar-refractivity contribution in [1.82, 2.24) is 15.1 Å². The summed E-state index contributed by atoms with van der Waals surface area (Å²) in [5.41, 5.74) is 6.65. The second-order valence-corrected chi connectivity index (χ2v) is 7.56. The first kappa shape index (κ1) is 15.3. The van der Waals surface area contributed by atoms with Crippen molar-refractivity contribution in [1.29, 1.82) is 0 Å². The Morgan fingerprint density at radius 2 is 1.91 bits per heavy atom. The van der Waals surface area contributed by atoms with Gasteiger partial charge in [0.25, 0.3) is 0 Å². The third kappa shape index (κ3) is 3.59. The number of aromatic nitrogens is 2. The van der Waals surface area contributed by atoms with E-state index >= 15 is 0 Å². The van der Waals surface area contributed by atoms with Crippen LogP contribution in [0.2, 0.25) is 0 Å². The summed E-state index contributed by atoms with van der Waals surface area (Å²) in [6.45, 7) is 1.70. The summed E-state index contributed by atoms with van der Waals surface area (Å²) in [6, 6.07) is 9.86. The van der Waals surface area contributed by atoms with Gasteiger partial charge in [0.15, 0.2) is 4.34 Å². The molecule has 1 aromatic heterocycles. The van der Waals surface area contributed by atoms with E-state index in [1.165, 1.54) is 29.5 Å².